The molecule has 1 saturated carbocycles. The number of carbonyl (C=O) groups excluding carboxylic acids is 2. The van der Waals surface area contributed by atoms with Gasteiger partial charge in [-0.1, -0.05) is 60.5 Å². The van der Waals surface area contributed by atoms with Crippen molar-refractivity contribution in [1.82, 2.24) is 4.90 Å². The minimum Gasteiger partial charge on any atom is -0.483 e. The summed E-state index contributed by atoms with van der Waals surface area (Å²) in [7, 11) is 0. The molecule has 3 aliphatic rings. The van der Waals surface area contributed by atoms with E-state index in [0.717, 1.165) is 31.2 Å². The van der Waals surface area contributed by atoms with E-state index in [-0.39, 0.29) is 36.0 Å². The zero-order valence-electron chi connectivity index (χ0n) is 17.0. The molecule has 2 heterocycles. The van der Waals surface area contributed by atoms with Crippen LogP contribution in [0.2, 0.25) is 5.02 Å². The molecule has 2 aromatic carbocycles. The van der Waals surface area contributed by atoms with Gasteiger partial charge in [-0.2, -0.15) is 0 Å². The topological polar surface area (TPSA) is 66.8 Å². The van der Waals surface area contributed by atoms with E-state index in [1.165, 1.54) is 0 Å². The van der Waals surface area contributed by atoms with Crippen molar-refractivity contribution in [2.75, 3.05) is 6.54 Å². The molecule has 31 heavy (non-hydrogen) atoms. The molecular weight excluding hydrogens is 414 g/mol. The average molecular weight is 438 g/mol. The van der Waals surface area contributed by atoms with Crippen LogP contribution in [0.1, 0.15) is 49.0 Å². The second-order valence-corrected chi connectivity index (χ2v) is 8.93. The van der Waals surface area contributed by atoms with E-state index in [2.05, 4.69) is 0 Å². The molecule has 6 heteroatoms. The van der Waals surface area contributed by atoms with Gasteiger partial charge in [0.2, 0.25) is 0 Å². The van der Waals surface area contributed by atoms with Crippen LogP contribution in [0.5, 0.6) is 0 Å². The number of rotatable bonds is 4. The first kappa shape index (κ1) is 20.3. The predicted molar refractivity (Wildman–Crippen MR) is 116 cm³/mol. The molecule has 4 atom stereocenters. The minimum atomic E-state index is -0.884. The Morgan fingerprint density at radius 1 is 1.06 bits per heavy atom. The molecule has 160 valence electrons. The van der Waals surface area contributed by atoms with Gasteiger partial charge in [0.15, 0.2) is 11.5 Å². The highest BCUT2D eigenvalue weighted by molar-refractivity contribution is 6.30. The summed E-state index contributed by atoms with van der Waals surface area (Å²) in [6.45, 7) is 0.0546. The van der Waals surface area contributed by atoms with Gasteiger partial charge in [-0.3, -0.25) is 9.59 Å². The number of β-amino-alcohol motifs (C(OH)–C–C–N with tert-alkyl or cyclic N) is 1. The van der Waals surface area contributed by atoms with E-state index in [4.69, 9.17) is 16.3 Å². The van der Waals surface area contributed by atoms with Crippen molar-refractivity contribution in [3.63, 3.8) is 0 Å². The van der Waals surface area contributed by atoms with Gasteiger partial charge >= 0.3 is 0 Å². The van der Waals surface area contributed by atoms with E-state index in [9.17, 15) is 14.7 Å². The number of Topliss-reactive ketones (excluding diaryl/α,β-unsaturated/α-hetero) is 1. The fourth-order valence-corrected chi connectivity index (χ4v) is 5.27. The molecule has 1 amide bonds. The van der Waals surface area contributed by atoms with Crippen LogP contribution in [0.4, 0.5) is 0 Å². The summed E-state index contributed by atoms with van der Waals surface area (Å²) < 4.78 is 6.15. The zero-order chi connectivity index (χ0) is 21.5. The third-order valence-corrected chi connectivity index (χ3v) is 6.81. The molecule has 0 radical (unpaired) electrons. The van der Waals surface area contributed by atoms with Crippen molar-refractivity contribution in [3.05, 3.63) is 82.1 Å². The van der Waals surface area contributed by atoms with Crippen LogP contribution in [0.3, 0.4) is 0 Å². The summed E-state index contributed by atoms with van der Waals surface area (Å²) in [4.78, 5) is 28.5. The highest BCUT2D eigenvalue weighted by Crippen LogP contribution is 2.47. The van der Waals surface area contributed by atoms with Gasteiger partial charge in [0.1, 0.15) is 6.10 Å². The Hall–Kier alpha value is -2.63. The van der Waals surface area contributed by atoms with Gasteiger partial charge in [0.25, 0.3) is 5.91 Å². The van der Waals surface area contributed by atoms with Crippen molar-refractivity contribution in [2.24, 2.45) is 5.92 Å². The highest BCUT2D eigenvalue weighted by Gasteiger charge is 2.52. The average Bonchev–Trinajstić information content (AvgIpc) is 3.06. The Kier molecular flexibility index (Phi) is 5.32. The van der Waals surface area contributed by atoms with Crippen LogP contribution < -0.4 is 0 Å². The third kappa shape index (κ3) is 3.56. The molecule has 0 aromatic heterocycles. The molecule has 1 aliphatic carbocycles. The van der Waals surface area contributed by atoms with Crippen LogP contribution in [0.15, 0.2) is 65.9 Å². The Labute approximate surface area is 186 Å². The summed E-state index contributed by atoms with van der Waals surface area (Å²) in [5.74, 6) is -0.396. The number of fused-ring (bicyclic) bond motifs is 1. The van der Waals surface area contributed by atoms with E-state index in [1.54, 1.807) is 17.0 Å². The fourth-order valence-electron chi connectivity index (χ4n) is 5.07. The number of nitrogens with zero attached hydrogens (tertiary/aromatic N) is 1. The number of carbonyl (C=O) groups is 2. The second-order valence-electron chi connectivity index (χ2n) is 8.50. The van der Waals surface area contributed by atoms with Gasteiger partial charge in [0, 0.05) is 5.02 Å². The summed E-state index contributed by atoms with van der Waals surface area (Å²) in [5.41, 5.74) is 1.87. The molecule has 4 unspecified atom stereocenters. The van der Waals surface area contributed by atoms with Crippen LogP contribution in [0, 0.1) is 5.92 Å². The lowest BCUT2D eigenvalue weighted by atomic mass is 9.77. The maximum atomic E-state index is 13.5. The number of benzene rings is 2. The number of ketones is 1. The van der Waals surface area contributed by atoms with Crippen molar-refractivity contribution in [2.45, 2.75) is 43.9 Å². The smallest absolute Gasteiger partial charge is 0.290 e. The predicted octanol–water partition coefficient (Wildman–Crippen LogP) is 4.37. The monoisotopic (exact) mass is 437 g/mol. The van der Waals surface area contributed by atoms with Gasteiger partial charge in [-0.25, -0.2) is 0 Å². The number of amides is 1. The van der Waals surface area contributed by atoms with Gasteiger partial charge in [0.05, 0.1) is 30.2 Å². The first-order chi connectivity index (χ1) is 15.0. The Bertz CT molecular complexity index is 1050. The molecule has 2 aliphatic heterocycles. The summed E-state index contributed by atoms with van der Waals surface area (Å²) >= 11 is 6.25. The summed E-state index contributed by atoms with van der Waals surface area (Å²) in [5, 5.41) is 11.4. The molecule has 0 saturated heterocycles. The molecule has 5 nitrogen and oxygen atoms in total. The number of aliphatic hydroxyl groups is 1. The third-order valence-electron chi connectivity index (χ3n) is 6.58. The number of hydrogen-bond donors (Lipinski definition) is 1. The molecule has 0 bridgehead atoms. The lowest BCUT2D eigenvalue weighted by Crippen LogP contribution is -2.39. The molecule has 1 fully saturated rings. The minimum absolute atomic E-state index is 0.000904. The number of aliphatic hydroxyl groups excluding tert-OH is 1. The summed E-state index contributed by atoms with van der Waals surface area (Å²) in [6.07, 6.45) is 2.44. The van der Waals surface area contributed by atoms with Crippen LogP contribution in [0.25, 0.3) is 0 Å². The number of hydrogen-bond acceptors (Lipinski definition) is 4. The molecule has 0 spiro atoms. The quantitative estimate of drug-likeness (QED) is 0.771. The van der Waals surface area contributed by atoms with Gasteiger partial charge in [-0.15, -0.1) is 0 Å². The van der Waals surface area contributed by atoms with Crippen molar-refractivity contribution in [1.29, 1.82) is 0 Å². The lowest BCUT2D eigenvalue weighted by molar-refractivity contribution is -0.136. The first-order valence-electron chi connectivity index (χ1n) is 10.8. The van der Waals surface area contributed by atoms with Crippen LogP contribution in [-0.4, -0.2) is 34.3 Å². The van der Waals surface area contributed by atoms with Crippen molar-refractivity contribution in [3.8, 4) is 0 Å². The van der Waals surface area contributed by atoms with Crippen LogP contribution in [-0.2, 0) is 14.3 Å². The van der Waals surface area contributed by atoms with E-state index in [1.807, 2.05) is 42.5 Å². The Balaban J connectivity index is 1.55. The molecule has 2 aromatic rings. The maximum Gasteiger partial charge on any atom is 0.290 e. The van der Waals surface area contributed by atoms with E-state index >= 15 is 0 Å². The molecule has 5 rings (SSSR count). The first-order valence-corrected chi connectivity index (χ1v) is 11.2. The summed E-state index contributed by atoms with van der Waals surface area (Å²) in [6, 6.07) is 15.8. The van der Waals surface area contributed by atoms with E-state index < -0.39 is 12.1 Å². The Morgan fingerprint density at radius 3 is 2.61 bits per heavy atom. The number of halogens is 1. The highest BCUT2D eigenvalue weighted by atomic mass is 35.5. The number of ether oxygens (including phenoxy) is 1. The molecular formula is C25H24ClNO4. The van der Waals surface area contributed by atoms with Gasteiger partial charge in [-0.05, 0) is 42.5 Å². The van der Waals surface area contributed by atoms with E-state index in [0.29, 0.717) is 16.2 Å². The van der Waals surface area contributed by atoms with Crippen molar-refractivity contribution < 1.29 is 19.4 Å². The lowest BCUT2D eigenvalue weighted by Gasteiger charge is -2.35. The normalized spacial score (nSPS) is 26.4. The Morgan fingerprint density at radius 2 is 1.84 bits per heavy atom. The maximum absolute atomic E-state index is 13.5. The second kappa shape index (κ2) is 8.13. The van der Waals surface area contributed by atoms with Crippen molar-refractivity contribution >= 4 is 23.3 Å². The van der Waals surface area contributed by atoms with Crippen LogP contribution >= 0.6 is 11.6 Å². The molecule has 1 N–H and O–H groups in total. The zero-order valence-corrected chi connectivity index (χ0v) is 17.8. The van der Waals surface area contributed by atoms with Gasteiger partial charge < -0.3 is 14.7 Å². The fraction of sp³-hybridized carbons (Fsp3) is 0.360. The standard InChI is InChI=1S/C25H24ClNO4/c26-17-10-6-9-16(13-17)22-21-23(29)18-11-4-5-12-20(18)31-24(21)25(30)27(22)14-19(28)15-7-2-1-3-8-15/h1-3,6-10,13,18-20,22,28H,4-5,11-12,14H2. The SMILES string of the molecule is O=C1C2=C(OC3CCCCC13)C(=O)N(CC(O)c1ccccc1)C2c1cccc(Cl)c1. The largest absolute Gasteiger partial charge is 0.483 e.